The molecular weight excluding hydrogens is 350 g/mol. The van der Waals surface area contributed by atoms with Crippen molar-refractivity contribution < 1.29 is 23.0 Å². The normalized spacial score (nSPS) is 11.8. The van der Waals surface area contributed by atoms with Gasteiger partial charge in [0.15, 0.2) is 0 Å². The fourth-order valence-electron chi connectivity index (χ4n) is 1.42. The van der Waals surface area contributed by atoms with E-state index in [9.17, 15) is 8.42 Å². The minimum absolute atomic E-state index is 0.0981. The molecule has 0 atom stereocenters. The Balaban J connectivity index is 2.60. The van der Waals surface area contributed by atoms with E-state index in [-0.39, 0.29) is 24.7 Å². The van der Waals surface area contributed by atoms with E-state index >= 15 is 0 Å². The average molecular weight is 368 g/mol. The van der Waals surface area contributed by atoms with Gasteiger partial charge in [-0.05, 0) is 33.6 Å². The van der Waals surface area contributed by atoms with Gasteiger partial charge in [-0.3, -0.25) is 0 Å². The van der Waals surface area contributed by atoms with Crippen molar-refractivity contribution in [3.8, 4) is 0 Å². The summed E-state index contributed by atoms with van der Waals surface area (Å²) in [5, 5.41) is 9.05. The van der Waals surface area contributed by atoms with Crippen molar-refractivity contribution in [3.05, 3.63) is 28.2 Å². The fourth-order valence-corrected chi connectivity index (χ4v) is 3.45. The third-order valence-corrected chi connectivity index (χ3v) is 4.89. The van der Waals surface area contributed by atoms with E-state index in [1.54, 1.807) is 19.2 Å². The van der Waals surface area contributed by atoms with Crippen LogP contribution in [0.3, 0.4) is 0 Å². The van der Waals surface area contributed by atoms with E-state index in [1.165, 1.54) is 6.07 Å². The number of nitrogens with one attached hydrogen (secondary N) is 1. The van der Waals surface area contributed by atoms with Crippen LogP contribution in [-0.2, 0) is 26.1 Å². The molecule has 0 aliphatic rings. The zero-order valence-corrected chi connectivity index (χ0v) is 13.5. The Morgan fingerprint density at radius 3 is 2.70 bits per heavy atom. The van der Waals surface area contributed by atoms with Gasteiger partial charge in [-0.2, -0.15) is 0 Å². The first-order valence-electron chi connectivity index (χ1n) is 5.97. The van der Waals surface area contributed by atoms with E-state index in [2.05, 4.69) is 20.7 Å². The monoisotopic (exact) mass is 367 g/mol. The highest BCUT2D eigenvalue weighted by molar-refractivity contribution is 9.10. The average Bonchev–Trinajstić information content (AvgIpc) is 2.43. The van der Waals surface area contributed by atoms with Gasteiger partial charge in [0.05, 0.1) is 31.3 Å². The van der Waals surface area contributed by atoms with Gasteiger partial charge < -0.3 is 14.6 Å². The summed E-state index contributed by atoms with van der Waals surface area (Å²) in [6.45, 7) is 1.11. The molecule has 0 saturated carbocycles. The van der Waals surface area contributed by atoms with Crippen molar-refractivity contribution in [2.75, 3.05) is 33.5 Å². The van der Waals surface area contributed by atoms with Gasteiger partial charge in [-0.25, -0.2) is 13.1 Å². The zero-order chi connectivity index (χ0) is 15.0. The number of methoxy groups -OCH3 is 1. The molecule has 0 fully saturated rings. The van der Waals surface area contributed by atoms with E-state index in [1.807, 2.05) is 0 Å². The van der Waals surface area contributed by atoms with Crippen molar-refractivity contribution in [1.82, 2.24) is 4.72 Å². The van der Waals surface area contributed by atoms with Crippen LogP contribution < -0.4 is 4.72 Å². The topological polar surface area (TPSA) is 84.9 Å². The molecule has 0 spiro atoms. The van der Waals surface area contributed by atoms with E-state index in [0.29, 0.717) is 23.2 Å². The highest BCUT2D eigenvalue weighted by atomic mass is 79.9. The second-order valence-electron chi connectivity index (χ2n) is 3.93. The zero-order valence-electron chi connectivity index (χ0n) is 11.1. The summed E-state index contributed by atoms with van der Waals surface area (Å²) >= 11 is 3.19. The molecule has 6 nitrogen and oxygen atoms in total. The Labute approximate surface area is 127 Å². The summed E-state index contributed by atoms with van der Waals surface area (Å²) in [5.41, 5.74) is 0.532. The van der Waals surface area contributed by atoms with Crippen LogP contribution in [0.2, 0.25) is 0 Å². The molecular formula is C12H18BrNO5S. The van der Waals surface area contributed by atoms with Crippen LogP contribution in [0.15, 0.2) is 27.6 Å². The number of aliphatic hydroxyl groups is 1. The highest BCUT2D eigenvalue weighted by Gasteiger charge is 2.17. The molecule has 1 aromatic carbocycles. The van der Waals surface area contributed by atoms with Crippen molar-refractivity contribution in [2.45, 2.75) is 11.5 Å². The number of aliphatic hydroxyl groups excluding tert-OH is 1. The molecule has 0 heterocycles. The quantitative estimate of drug-likeness (QED) is 0.633. The fraction of sp³-hybridized carbons (Fsp3) is 0.500. The first-order valence-corrected chi connectivity index (χ1v) is 8.24. The minimum Gasteiger partial charge on any atom is -0.392 e. The minimum atomic E-state index is -3.64. The predicted octanol–water partition coefficient (Wildman–Crippen LogP) is 0.883. The number of hydrogen-bond acceptors (Lipinski definition) is 5. The first-order chi connectivity index (χ1) is 9.51. The molecule has 2 N–H and O–H groups in total. The molecule has 0 saturated heterocycles. The summed E-state index contributed by atoms with van der Waals surface area (Å²) in [5.74, 6) is 0. The first kappa shape index (κ1) is 17.5. The van der Waals surface area contributed by atoms with Crippen molar-refractivity contribution in [1.29, 1.82) is 0 Å². The molecule has 0 unspecified atom stereocenters. The molecule has 0 amide bonds. The third-order valence-electron chi connectivity index (χ3n) is 2.44. The van der Waals surface area contributed by atoms with Gasteiger partial charge >= 0.3 is 0 Å². The van der Waals surface area contributed by atoms with Crippen molar-refractivity contribution >= 4 is 26.0 Å². The Bertz CT molecular complexity index is 521. The molecule has 1 rings (SSSR count). The predicted molar refractivity (Wildman–Crippen MR) is 77.9 cm³/mol. The van der Waals surface area contributed by atoms with Gasteiger partial charge in [-0.15, -0.1) is 0 Å². The lowest BCUT2D eigenvalue weighted by molar-refractivity contribution is 0.0736. The number of hydrogen-bond donors (Lipinski definition) is 2. The number of benzene rings is 1. The summed E-state index contributed by atoms with van der Waals surface area (Å²) < 4.78 is 37.1. The van der Waals surface area contributed by atoms with Crippen molar-refractivity contribution in [2.24, 2.45) is 0 Å². The molecule has 114 valence electrons. The van der Waals surface area contributed by atoms with Crippen LogP contribution in [0.4, 0.5) is 0 Å². The lowest BCUT2D eigenvalue weighted by Gasteiger charge is -2.10. The van der Waals surface area contributed by atoms with Crippen LogP contribution in [0.5, 0.6) is 0 Å². The molecule has 0 aliphatic heterocycles. The van der Waals surface area contributed by atoms with Crippen molar-refractivity contribution in [3.63, 3.8) is 0 Å². The molecule has 0 aliphatic carbocycles. The number of halogens is 1. The number of ether oxygens (including phenoxy) is 2. The van der Waals surface area contributed by atoms with Crippen LogP contribution in [-0.4, -0.2) is 47.0 Å². The largest absolute Gasteiger partial charge is 0.392 e. The molecule has 8 heteroatoms. The second-order valence-corrected chi connectivity index (χ2v) is 6.52. The Hall–Kier alpha value is -0.510. The van der Waals surface area contributed by atoms with Crippen LogP contribution in [0.25, 0.3) is 0 Å². The summed E-state index contributed by atoms with van der Waals surface area (Å²) in [6, 6.07) is 4.67. The van der Waals surface area contributed by atoms with E-state index in [4.69, 9.17) is 14.6 Å². The molecule has 20 heavy (non-hydrogen) atoms. The van der Waals surface area contributed by atoms with E-state index in [0.717, 1.165) is 0 Å². The van der Waals surface area contributed by atoms with Gasteiger partial charge in [0.2, 0.25) is 10.0 Å². The standard InChI is InChI=1S/C12H18BrNO5S/c1-18-6-7-19-5-4-14-20(16,17)12-8-10(9-15)2-3-11(12)13/h2-3,8,14-15H,4-7,9H2,1H3. The van der Waals surface area contributed by atoms with Gasteiger partial charge in [-0.1, -0.05) is 6.07 Å². The van der Waals surface area contributed by atoms with E-state index < -0.39 is 10.0 Å². The van der Waals surface area contributed by atoms with Crippen LogP contribution in [0.1, 0.15) is 5.56 Å². The second kappa shape index (κ2) is 8.71. The molecule has 1 aromatic rings. The summed E-state index contributed by atoms with van der Waals surface area (Å²) in [4.78, 5) is 0.0981. The molecule has 0 aromatic heterocycles. The van der Waals surface area contributed by atoms with Gasteiger partial charge in [0.25, 0.3) is 0 Å². The summed E-state index contributed by atoms with van der Waals surface area (Å²) in [7, 11) is -2.07. The maximum Gasteiger partial charge on any atom is 0.241 e. The lowest BCUT2D eigenvalue weighted by atomic mass is 10.2. The number of rotatable bonds is 9. The maximum atomic E-state index is 12.1. The molecule has 0 bridgehead atoms. The Morgan fingerprint density at radius 2 is 2.05 bits per heavy atom. The maximum absolute atomic E-state index is 12.1. The van der Waals surface area contributed by atoms with Crippen LogP contribution in [0, 0.1) is 0 Å². The smallest absolute Gasteiger partial charge is 0.241 e. The van der Waals surface area contributed by atoms with Gasteiger partial charge in [0.1, 0.15) is 0 Å². The Kier molecular flexibility index (Phi) is 7.63. The highest BCUT2D eigenvalue weighted by Crippen LogP contribution is 2.23. The van der Waals surface area contributed by atoms with Crippen LogP contribution >= 0.6 is 15.9 Å². The molecule has 0 radical (unpaired) electrons. The van der Waals surface area contributed by atoms with Gasteiger partial charge in [0, 0.05) is 18.1 Å². The SMILES string of the molecule is COCCOCCNS(=O)(=O)c1cc(CO)ccc1Br. The summed E-state index contributed by atoms with van der Waals surface area (Å²) in [6.07, 6.45) is 0. The number of sulfonamides is 1. The Morgan fingerprint density at radius 1 is 1.30 bits per heavy atom. The lowest BCUT2D eigenvalue weighted by Crippen LogP contribution is -2.28. The third kappa shape index (κ3) is 5.47.